The number of thiazole rings is 1. The summed E-state index contributed by atoms with van der Waals surface area (Å²) in [6.07, 6.45) is 5.24. The molecule has 0 radical (unpaired) electrons. The van der Waals surface area contributed by atoms with Crippen molar-refractivity contribution in [2.24, 2.45) is 0 Å². The van der Waals surface area contributed by atoms with Crippen molar-refractivity contribution in [2.45, 2.75) is 18.9 Å². The summed E-state index contributed by atoms with van der Waals surface area (Å²) >= 11 is 1.64. The zero-order valence-electron chi connectivity index (χ0n) is 13.8. The summed E-state index contributed by atoms with van der Waals surface area (Å²) in [5.74, 6) is 1.05. The molecule has 2 N–H and O–H groups in total. The average molecular weight is 347 g/mol. The Hall–Kier alpha value is -2.42. The Morgan fingerprint density at radius 3 is 2.75 bits per heavy atom. The minimum Gasteiger partial charge on any atom is -0.363 e. The Labute approximate surface area is 144 Å². The van der Waals surface area contributed by atoms with Crippen LogP contribution in [0.4, 0.5) is 21.7 Å². The van der Waals surface area contributed by atoms with E-state index in [4.69, 9.17) is 0 Å². The number of rotatable bonds is 4. The van der Waals surface area contributed by atoms with Crippen molar-refractivity contribution in [3.8, 4) is 0 Å². The number of hydrogen-bond acceptors (Lipinski definition) is 7. The molecular formula is C15H21N7OS. The van der Waals surface area contributed by atoms with E-state index in [2.05, 4.69) is 30.5 Å². The van der Waals surface area contributed by atoms with Gasteiger partial charge in [0.25, 0.3) is 0 Å². The summed E-state index contributed by atoms with van der Waals surface area (Å²) in [6.45, 7) is 1.79. The van der Waals surface area contributed by atoms with Gasteiger partial charge in [-0.2, -0.15) is 4.98 Å². The van der Waals surface area contributed by atoms with Crippen molar-refractivity contribution in [1.29, 1.82) is 0 Å². The average Bonchev–Trinajstić information content (AvgIpc) is 3.10. The molecule has 3 heterocycles. The van der Waals surface area contributed by atoms with Crippen LogP contribution in [0.5, 0.6) is 0 Å². The molecule has 1 saturated heterocycles. The van der Waals surface area contributed by atoms with Gasteiger partial charge in [0.1, 0.15) is 5.82 Å². The highest BCUT2D eigenvalue weighted by Crippen LogP contribution is 2.22. The van der Waals surface area contributed by atoms with Crippen LogP contribution < -0.4 is 20.4 Å². The molecule has 2 aromatic heterocycles. The number of hydrogen-bond donors (Lipinski definition) is 2. The van der Waals surface area contributed by atoms with Gasteiger partial charge < -0.3 is 15.1 Å². The smallest absolute Gasteiger partial charge is 0.321 e. The van der Waals surface area contributed by atoms with Crippen molar-refractivity contribution in [1.82, 2.24) is 20.3 Å². The van der Waals surface area contributed by atoms with Crippen LogP contribution in [0.3, 0.4) is 0 Å². The van der Waals surface area contributed by atoms with Crippen LogP contribution in [0.15, 0.2) is 23.8 Å². The number of nitrogens with one attached hydrogen (secondary N) is 2. The molecule has 0 spiro atoms. The second kappa shape index (κ2) is 7.43. The lowest BCUT2D eigenvalue weighted by Crippen LogP contribution is -2.46. The fourth-order valence-electron chi connectivity index (χ4n) is 2.57. The summed E-state index contributed by atoms with van der Waals surface area (Å²) in [5, 5.41) is 8.72. The van der Waals surface area contributed by atoms with Gasteiger partial charge in [0.05, 0.1) is 0 Å². The zero-order valence-corrected chi connectivity index (χ0v) is 14.6. The van der Waals surface area contributed by atoms with Gasteiger partial charge in [0, 0.05) is 51.0 Å². The lowest BCUT2D eigenvalue weighted by molar-refractivity contribution is 0.246. The second-order valence-electron chi connectivity index (χ2n) is 5.81. The van der Waals surface area contributed by atoms with E-state index >= 15 is 0 Å². The molecule has 1 aliphatic rings. The van der Waals surface area contributed by atoms with Gasteiger partial charge in [-0.05, 0) is 18.9 Å². The summed E-state index contributed by atoms with van der Waals surface area (Å²) in [7, 11) is 3.78. The van der Waals surface area contributed by atoms with Crippen LogP contribution >= 0.6 is 11.3 Å². The van der Waals surface area contributed by atoms with Crippen molar-refractivity contribution in [3.63, 3.8) is 0 Å². The van der Waals surface area contributed by atoms with E-state index in [1.807, 2.05) is 30.6 Å². The predicted molar refractivity (Wildman–Crippen MR) is 95.9 cm³/mol. The third-order valence-corrected chi connectivity index (χ3v) is 4.68. The number of nitrogens with zero attached hydrogens (tertiary/aromatic N) is 5. The summed E-state index contributed by atoms with van der Waals surface area (Å²) in [6, 6.07) is 1.68. The van der Waals surface area contributed by atoms with Crippen molar-refractivity contribution in [2.75, 3.05) is 42.3 Å². The molecule has 8 nitrogen and oxygen atoms in total. The highest BCUT2D eigenvalue weighted by molar-refractivity contribution is 7.13. The van der Waals surface area contributed by atoms with Gasteiger partial charge in [-0.25, -0.2) is 14.8 Å². The SMILES string of the molecule is CN(C)c1ccnc(NC(=O)NC2CCN(c3nccs3)CC2)n1. The maximum Gasteiger partial charge on any atom is 0.321 e. The highest BCUT2D eigenvalue weighted by atomic mass is 32.1. The third kappa shape index (κ3) is 4.10. The summed E-state index contributed by atoms with van der Waals surface area (Å²) in [4.78, 5) is 28.9. The topological polar surface area (TPSA) is 86.3 Å². The van der Waals surface area contributed by atoms with Gasteiger partial charge in [-0.15, -0.1) is 11.3 Å². The van der Waals surface area contributed by atoms with E-state index in [-0.39, 0.29) is 12.1 Å². The molecular weight excluding hydrogens is 326 g/mol. The maximum absolute atomic E-state index is 12.1. The van der Waals surface area contributed by atoms with Crippen molar-refractivity contribution >= 4 is 34.3 Å². The normalized spacial score (nSPS) is 15.2. The third-order valence-electron chi connectivity index (χ3n) is 3.84. The van der Waals surface area contributed by atoms with E-state index in [0.29, 0.717) is 5.95 Å². The van der Waals surface area contributed by atoms with Gasteiger partial charge in [0.15, 0.2) is 5.13 Å². The first-order valence-corrected chi connectivity index (χ1v) is 8.72. The number of urea groups is 1. The number of anilines is 3. The van der Waals surface area contributed by atoms with Gasteiger partial charge in [0.2, 0.25) is 5.95 Å². The Morgan fingerprint density at radius 2 is 2.08 bits per heavy atom. The lowest BCUT2D eigenvalue weighted by atomic mass is 10.1. The van der Waals surface area contributed by atoms with Crippen LogP contribution in [0.2, 0.25) is 0 Å². The van der Waals surface area contributed by atoms with E-state index in [9.17, 15) is 4.79 Å². The quantitative estimate of drug-likeness (QED) is 0.877. The van der Waals surface area contributed by atoms with Gasteiger partial charge in [-0.1, -0.05) is 0 Å². The number of aromatic nitrogens is 3. The second-order valence-corrected chi connectivity index (χ2v) is 6.68. The molecule has 0 saturated carbocycles. The molecule has 1 fully saturated rings. The number of amides is 2. The van der Waals surface area contributed by atoms with E-state index < -0.39 is 0 Å². The first kappa shape index (κ1) is 16.4. The van der Waals surface area contributed by atoms with Crippen LogP contribution in [0.1, 0.15) is 12.8 Å². The number of carbonyl (C=O) groups excluding carboxylic acids is 1. The highest BCUT2D eigenvalue weighted by Gasteiger charge is 2.22. The number of piperidine rings is 1. The fraction of sp³-hybridized carbons (Fsp3) is 0.467. The molecule has 0 atom stereocenters. The van der Waals surface area contributed by atoms with Crippen molar-refractivity contribution in [3.05, 3.63) is 23.8 Å². The van der Waals surface area contributed by atoms with E-state index in [1.165, 1.54) is 0 Å². The largest absolute Gasteiger partial charge is 0.363 e. The molecule has 9 heteroatoms. The standard InChI is InChI=1S/C15H21N7OS/c1-21(2)12-3-6-16-13(19-12)20-14(23)18-11-4-8-22(9-5-11)15-17-7-10-24-15/h3,6-7,10-11H,4-5,8-9H2,1-2H3,(H2,16,18,19,20,23). The van der Waals surface area contributed by atoms with Crippen LogP contribution in [0.25, 0.3) is 0 Å². The molecule has 2 amide bonds. The summed E-state index contributed by atoms with van der Waals surface area (Å²) in [5.41, 5.74) is 0. The molecule has 0 aliphatic carbocycles. The fourth-order valence-corrected chi connectivity index (χ4v) is 3.27. The summed E-state index contributed by atoms with van der Waals surface area (Å²) < 4.78 is 0. The predicted octanol–water partition coefficient (Wildman–Crippen LogP) is 1.79. The first-order chi connectivity index (χ1) is 11.6. The molecule has 0 bridgehead atoms. The molecule has 1 aliphatic heterocycles. The van der Waals surface area contributed by atoms with Crippen LogP contribution in [0, 0.1) is 0 Å². The van der Waals surface area contributed by atoms with Crippen LogP contribution in [-0.4, -0.2) is 54.2 Å². The maximum atomic E-state index is 12.1. The van der Waals surface area contributed by atoms with E-state index in [1.54, 1.807) is 23.6 Å². The van der Waals surface area contributed by atoms with Crippen molar-refractivity contribution < 1.29 is 4.79 Å². The minimum absolute atomic E-state index is 0.151. The molecule has 0 aromatic carbocycles. The minimum atomic E-state index is -0.265. The lowest BCUT2D eigenvalue weighted by Gasteiger charge is -2.32. The van der Waals surface area contributed by atoms with Crippen LogP contribution in [-0.2, 0) is 0 Å². The molecule has 3 rings (SSSR count). The van der Waals surface area contributed by atoms with Gasteiger partial charge >= 0.3 is 6.03 Å². The van der Waals surface area contributed by atoms with E-state index in [0.717, 1.165) is 36.9 Å². The number of carbonyl (C=O) groups is 1. The molecule has 2 aromatic rings. The molecule has 128 valence electrons. The Balaban J connectivity index is 1.48. The monoisotopic (exact) mass is 347 g/mol. The molecule has 0 unspecified atom stereocenters. The van der Waals surface area contributed by atoms with Gasteiger partial charge in [-0.3, -0.25) is 5.32 Å². The Kier molecular flexibility index (Phi) is 5.09. The Bertz CT molecular complexity index is 668. The first-order valence-electron chi connectivity index (χ1n) is 7.84. The molecule has 24 heavy (non-hydrogen) atoms. The Morgan fingerprint density at radius 1 is 1.29 bits per heavy atom. The zero-order chi connectivity index (χ0) is 16.9.